The number of hydrogen-bond donors (Lipinski definition) is 2. The van der Waals surface area contributed by atoms with Gasteiger partial charge in [0.1, 0.15) is 17.1 Å². The molecule has 0 heterocycles. The lowest BCUT2D eigenvalue weighted by Gasteiger charge is -2.06. The standard InChI is InChI=1S/C16H10Cl2N2O4S/c17-10-2-5-14(13(18)8-10)19-20-16-12-4-3-11(25(22,23)24)7-9(12)1-6-15(16)21/h1-8,21H,(H,22,23,24). The van der Waals surface area contributed by atoms with E-state index in [1.807, 2.05) is 0 Å². The monoisotopic (exact) mass is 396 g/mol. The maximum atomic E-state index is 11.2. The molecule has 128 valence electrons. The van der Waals surface area contributed by atoms with Gasteiger partial charge in [0.15, 0.2) is 0 Å². The predicted octanol–water partition coefficient (Wildman–Crippen LogP) is 5.51. The smallest absolute Gasteiger partial charge is 0.294 e. The Bertz CT molecular complexity index is 1110. The summed E-state index contributed by atoms with van der Waals surface area (Å²) < 4.78 is 31.6. The highest BCUT2D eigenvalue weighted by Gasteiger charge is 2.13. The van der Waals surface area contributed by atoms with Gasteiger partial charge in [-0.15, -0.1) is 10.2 Å². The van der Waals surface area contributed by atoms with Gasteiger partial charge >= 0.3 is 0 Å². The zero-order valence-corrected chi connectivity index (χ0v) is 14.7. The molecule has 0 aromatic heterocycles. The Hall–Kier alpha value is -2.19. The van der Waals surface area contributed by atoms with Crippen LogP contribution in [0, 0.1) is 0 Å². The fraction of sp³-hybridized carbons (Fsp3) is 0. The molecule has 0 saturated carbocycles. The molecule has 0 radical (unpaired) electrons. The maximum absolute atomic E-state index is 11.2. The van der Waals surface area contributed by atoms with Crippen LogP contribution in [0.4, 0.5) is 11.4 Å². The average molecular weight is 397 g/mol. The highest BCUT2D eigenvalue weighted by molar-refractivity contribution is 7.85. The number of halogens is 2. The van der Waals surface area contributed by atoms with Crippen LogP contribution in [0.1, 0.15) is 0 Å². The second kappa shape index (κ2) is 6.61. The van der Waals surface area contributed by atoms with Crippen molar-refractivity contribution in [3.8, 4) is 5.75 Å². The molecule has 0 aliphatic carbocycles. The molecular formula is C16H10Cl2N2O4S. The molecule has 0 aliphatic rings. The van der Waals surface area contributed by atoms with Gasteiger partial charge in [-0.3, -0.25) is 4.55 Å². The van der Waals surface area contributed by atoms with Crippen LogP contribution < -0.4 is 0 Å². The lowest BCUT2D eigenvalue weighted by Crippen LogP contribution is -1.97. The summed E-state index contributed by atoms with van der Waals surface area (Å²) in [5, 5.41) is 19.8. The van der Waals surface area contributed by atoms with E-state index in [2.05, 4.69) is 10.2 Å². The minimum Gasteiger partial charge on any atom is -0.506 e. The zero-order valence-electron chi connectivity index (χ0n) is 12.4. The number of aromatic hydroxyl groups is 1. The van der Waals surface area contributed by atoms with Crippen molar-refractivity contribution in [2.75, 3.05) is 0 Å². The third-order valence-corrected chi connectivity index (χ3v) is 4.79. The predicted molar refractivity (Wildman–Crippen MR) is 96.1 cm³/mol. The quantitative estimate of drug-likeness (QED) is 0.449. The van der Waals surface area contributed by atoms with Crippen LogP contribution in [0.3, 0.4) is 0 Å². The molecule has 3 rings (SSSR count). The molecule has 0 spiro atoms. The molecule has 9 heteroatoms. The third kappa shape index (κ3) is 3.74. The van der Waals surface area contributed by atoms with E-state index in [0.717, 1.165) is 0 Å². The number of rotatable bonds is 3. The van der Waals surface area contributed by atoms with E-state index in [4.69, 9.17) is 27.8 Å². The number of phenolic OH excluding ortho intramolecular Hbond substituents is 1. The largest absolute Gasteiger partial charge is 0.506 e. The SMILES string of the molecule is O=S(=O)(O)c1ccc2c(N=Nc3ccc(Cl)cc3Cl)c(O)ccc2c1. The van der Waals surface area contributed by atoms with E-state index < -0.39 is 10.1 Å². The van der Waals surface area contributed by atoms with E-state index in [1.54, 1.807) is 12.1 Å². The summed E-state index contributed by atoms with van der Waals surface area (Å²) in [5.41, 5.74) is 0.502. The van der Waals surface area contributed by atoms with Gasteiger partial charge in [0.25, 0.3) is 10.1 Å². The van der Waals surface area contributed by atoms with Gasteiger partial charge in [-0.25, -0.2) is 0 Å². The van der Waals surface area contributed by atoms with Crippen molar-refractivity contribution in [2.24, 2.45) is 10.2 Å². The summed E-state index contributed by atoms with van der Waals surface area (Å²) in [5.74, 6) is -0.138. The summed E-state index contributed by atoms with van der Waals surface area (Å²) >= 11 is 11.9. The van der Waals surface area contributed by atoms with Crippen LogP contribution in [0.2, 0.25) is 10.0 Å². The van der Waals surface area contributed by atoms with Gasteiger partial charge < -0.3 is 5.11 Å². The minimum atomic E-state index is -4.33. The minimum absolute atomic E-state index is 0.138. The summed E-state index contributed by atoms with van der Waals surface area (Å²) in [6.45, 7) is 0. The second-order valence-corrected chi connectivity index (χ2v) is 7.35. The number of hydrogen-bond acceptors (Lipinski definition) is 5. The van der Waals surface area contributed by atoms with Crippen LogP contribution in [-0.4, -0.2) is 18.1 Å². The zero-order chi connectivity index (χ0) is 18.2. The number of fused-ring (bicyclic) bond motifs is 1. The van der Waals surface area contributed by atoms with Crippen LogP contribution in [-0.2, 0) is 10.1 Å². The molecule has 2 N–H and O–H groups in total. The lowest BCUT2D eigenvalue weighted by molar-refractivity contribution is 0.477. The van der Waals surface area contributed by atoms with Crippen LogP contribution in [0.25, 0.3) is 10.8 Å². The molecular weight excluding hydrogens is 387 g/mol. The summed E-state index contributed by atoms with van der Waals surface area (Å²) in [6.07, 6.45) is 0. The van der Waals surface area contributed by atoms with E-state index in [9.17, 15) is 13.5 Å². The highest BCUT2D eigenvalue weighted by Crippen LogP contribution is 2.38. The highest BCUT2D eigenvalue weighted by atomic mass is 35.5. The average Bonchev–Trinajstić information content (AvgIpc) is 2.54. The van der Waals surface area contributed by atoms with Crippen molar-refractivity contribution in [2.45, 2.75) is 4.90 Å². The van der Waals surface area contributed by atoms with Gasteiger partial charge in [-0.2, -0.15) is 8.42 Å². The second-order valence-electron chi connectivity index (χ2n) is 5.09. The Kier molecular flexibility index (Phi) is 4.66. The number of nitrogens with zero attached hydrogens (tertiary/aromatic N) is 2. The normalized spacial score (nSPS) is 12.1. The number of benzene rings is 3. The Morgan fingerprint density at radius 1 is 0.920 bits per heavy atom. The Morgan fingerprint density at radius 2 is 1.68 bits per heavy atom. The molecule has 0 unspecified atom stereocenters. The molecule has 25 heavy (non-hydrogen) atoms. The molecule has 0 amide bonds. The number of azo groups is 1. The first-order valence-electron chi connectivity index (χ1n) is 6.86. The molecule has 0 aliphatic heterocycles. The van der Waals surface area contributed by atoms with Crippen molar-refractivity contribution in [1.82, 2.24) is 0 Å². The molecule has 0 bridgehead atoms. The molecule has 0 saturated heterocycles. The third-order valence-electron chi connectivity index (χ3n) is 3.41. The lowest BCUT2D eigenvalue weighted by atomic mass is 10.1. The Balaban J connectivity index is 2.12. The van der Waals surface area contributed by atoms with Gasteiger partial charge in [0.05, 0.1) is 9.92 Å². The molecule has 0 atom stereocenters. The van der Waals surface area contributed by atoms with Crippen molar-refractivity contribution in [3.63, 3.8) is 0 Å². The van der Waals surface area contributed by atoms with Crippen LogP contribution in [0.5, 0.6) is 5.75 Å². The van der Waals surface area contributed by atoms with Crippen LogP contribution in [0.15, 0.2) is 63.7 Å². The van der Waals surface area contributed by atoms with E-state index in [-0.39, 0.29) is 16.3 Å². The molecule has 3 aromatic rings. The topological polar surface area (TPSA) is 99.3 Å². The van der Waals surface area contributed by atoms with E-state index in [1.165, 1.54) is 36.4 Å². The molecule has 0 fully saturated rings. The van der Waals surface area contributed by atoms with Crippen molar-refractivity contribution in [3.05, 3.63) is 58.6 Å². The maximum Gasteiger partial charge on any atom is 0.294 e. The summed E-state index contributed by atoms with van der Waals surface area (Å²) in [7, 11) is -4.33. The van der Waals surface area contributed by atoms with Gasteiger partial charge in [0, 0.05) is 10.4 Å². The number of phenols is 1. The van der Waals surface area contributed by atoms with Crippen molar-refractivity contribution in [1.29, 1.82) is 0 Å². The summed E-state index contributed by atoms with van der Waals surface area (Å²) in [4.78, 5) is -0.255. The van der Waals surface area contributed by atoms with Gasteiger partial charge in [-0.1, -0.05) is 35.3 Å². The molecule has 6 nitrogen and oxygen atoms in total. The summed E-state index contributed by atoms with van der Waals surface area (Å²) in [6, 6.07) is 11.5. The van der Waals surface area contributed by atoms with E-state index in [0.29, 0.717) is 26.5 Å². The van der Waals surface area contributed by atoms with Gasteiger partial charge in [0.2, 0.25) is 0 Å². The Labute approximate surface area is 153 Å². The van der Waals surface area contributed by atoms with E-state index >= 15 is 0 Å². The van der Waals surface area contributed by atoms with Crippen LogP contribution >= 0.6 is 23.2 Å². The first-order chi connectivity index (χ1) is 11.8. The molecule has 3 aromatic carbocycles. The van der Waals surface area contributed by atoms with Gasteiger partial charge in [-0.05, 0) is 41.8 Å². The first kappa shape index (κ1) is 17.6. The first-order valence-corrected chi connectivity index (χ1v) is 9.05. The Morgan fingerprint density at radius 3 is 2.36 bits per heavy atom. The fourth-order valence-electron chi connectivity index (χ4n) is 2.21. The van der Waals surface area contributed by atoms with Crippen molar-refractivity contribution >= 4 is 55.5 Å². The van der Waals surface area contributed by atoms with Crippen molar-refractivity contribution < 1.29 is 18.1 Å². The fourth-order valence-corrected chi connectivity index (χ4v) is 3.17.